The van der Waals surface area contributed by atoms with Gasteiger partial charge in [0.1, 0.15) is 0 Å². The number of nitrogens with one attached hydrogen (secondary N) is 1. The van der Waals surface area contributed by atoms with E-state index < -0.39 is 27.0 Å². The fraction of sp³-hybridized carbons (Fsp3) is 0.316. The minimum absolute atomic E-state index is 0.177. The molecule has 0 heterocycles. The van der Waals surface area contributed by atoms with Crippen LogP contribution in [-0.2, 0) is 19.6 Å². The number of carbonyl (C=O) groups is 1. The fourth-order valence-corrected chi connectivity index (χ4v) is 4.14. The number of nitro groups is 1. The summed E-state index contributed by atoms with van der Waals surface area (Å²) in [5, 5.41) is 11.0. The van der Waals surface area contributed by atoms with E-state index in [1.165, 1.54) is 12.1 Å². The lowest BCUT2D eigenvalue weighted by molar-refractivity contribution is -0.385. The molecule has 2 rings (SSSR count). The van der Waals surface area contributed by atoms with E-state index in [1.807, 2.05) is 6.92 Å². The van der Waals surface area contributed by atoms with E-state index in [0.717, 1.165) is 11.6 Å². The number of carbonyl (C=O) groups excluding carboxylic acids is 1. The lowest BCUT2D eigenvalue weighted by Crippen LogP contribution is -2.31. The number of esters is 1. The first-order chi connectivity index (χ1) is 13.1. The molecule has 0 unspecified atom stereocenters. The number of nitrogens with zero attached hydrogens (tertiary/aromatic N) is 1. The van der Waals surface area contributed by atoms with Gasteiger partial charge in [-0.2, -0.15) is 0 Å². The number of hydrogen-bond acceptors (Lipinski definition) is 6. The number of nitro benzene ring substituents is 1. The van der Waals surface area contributed by atoms with E-state index in [2.05, 4.69) is 4.72 Å². The van der Waals surface area contributed by atoms with E-state index in [-0.39, 0.29) is 23.6 Å². The zero-order chi connectivity index (χ0) is 20.9. The normalized spacial score (nSPS) is 12.4. The standard InChI is InChI=1S/C19H22N2O6S/c1-4-27-19(22)12-17(15-8-5-13(2)6-9-15)20-28(25,26)18-11-16(21(23)24)10-7-14(18)3/h5-11,17,20H,4,12H2,1-3H3/t17-/m1/s1. The number of ether oxygens (including phenoxy) is 1. The van der Waals surface area contributed by atoms with Crippen LogP contribution >= 0.6 is 0 Å². The monoisotopic (exact) mass is 406 g/mol. The van der Waals surface area contributed by atoms with E-state index in [9.17, 15) is 23.3 Å². The Balaban J connectivity index is 2.41. The van der Waals surface area contributed by atoms with Crippen LogP contribution in [0.2, 0.25) is 0 Å². The molecule has 28 heavy (non-hydrogen) atoms. The molecule has 0 aliphatic carbocycles. The van der Waals surface area contributed by atoms with Gasteiger partial charge in [0.2, 0.25) is 10.0 Å². The average molecular weight is 406 g/mol. The molecule has 0 amide bonds. The molecule has 0 bridgehead atoms. The number of benzene rings is 2. The molecular weight excluding hydrogens is 384 g/mol. The summed E-state index contributed by atoms with van der Waals surface area (Å²) in [4.78, 5) is 22.1. The molecule has 0 saturated carbocycles. The quantitative estimate of drug-likeness (QED) is 0.409. The smallest absolute Gasteiger partial charge is 0.307 e. The molecule has 2 aromatic carbocycles. The van der Waals surface area contributed by atoms with Crippen molar-refractivity contribution in [2.75, 3.05) is 6.61 Å². The first-order valence-corrected chi connectivity index (χ1v) is 10.1. The summed E-state index contributed by atoms with van der Waals surface area (Å²) in [6.45, 7) is 5.27. The number of aryl methyl sites for hydroxylation is 2. The summed E-state index contributed by atoms with van der Waals surface area (Å²) in [6, 6.07) is 9.81. The second-order valence-corrected chi connectivity index (χ2v) is 7.98. The lowest BCUT2D eigenvalue weighted by Gasteiger charge is -2.19. The highest BCUT2D eigenvalue weighted by molar-refractivity contribution is 7.89. The molecule has 0 radical (unpaired) electrons. The van der Waals surface area contributed by atoms with Crippen LogP contribution in [0.5, 0.6) is 0 Å². The first-order valence-electron chi connectivity index (χ1n) is 8.63. The fourth-order valence-electron chi connectivity index (χ4n) is 2.66. The summed E-state index contributed by atoms with van der Waals surface area (Å²) in [5.41, 5.74) is 1.60. The minimum Gasteiger partial charge on any atom is -0.466 e. The molecular formula is C19H22N2O6S. The van der Waals surface area contributed by atoms with Gasteiger partial charge in [-0.05, 0) is 31.9 Å². The highest BCUT2D eigenvalue weighted by Crippen LogP contribution is 2.25. The first kappa shape index (κ1) is 21.5. The van der Waals surface area contributed by atoms with Crippen molar-refractivity contribution in [1.82, 2.24) is 4.72 Å². The van der Waals surface area contributed by atoms with Crippen molar-refractivity contribution in [1.29, 1.82) is 0 Å². The van der Waals surface area contributed by atoms with Crippen molar-refractivity contribution in [3.63, 3.8) is 0 Å². The van der Waals surface area contributed by atoms with Crippen molar-refractivity contribution in [2.24, 2.45) is 0 Å². The zero-order valence-corrected chi connectivity index (χ0v) is 16.7. The molecule has 0 aliphatic rings. The second kappa shape index (κ2) is 8.94. The summed E-state index contributed by atoms with van der Waals surface area (Å²) < 4.78 is 33.3. The van der Waals surface area contributed by atoms with Crippen molar-refractivity contribution >= 4 is 21.7 Å². The topological polar surface area (TPSA) is 116 Å². The van der Waals surface area contributed by atoms with Crippen molar-refractivity contribution in [2.45, 2.75) is 38.1 Å². The molecule has 150 valence electrons. The third kappa shape index (κ3) is 5.37. The summed E-state index contributed by atoms with van der Waals surface area (Å²) in [6.07, 6.45) is -0.204. The highest BCUT2D eigenvalue weighted by Gasteiger charge is 2.27. The van der Waals surface area contributed by atoms with Crippen LogP contribution in [0.25, 0.3) is 0 Å². The molecule has 8 nitrogen and oxygen atoms in total. The van der Waals surface area contributed by atoms with Crippen molar-refractivity contribution in [3.8, 4) is 0 Å². The SMILES string of the molecule is CCOC(=O)C[C@@H](NS(=O)(=O)c1cc([N+](=O)[O-])ccc1C)c1ccc(C)cc1. The summed E-state index contributed by atoms with van der Waals surface area (Å²) in [5.74, 6) is -0.550. The summed E-state index contributed by atoms with van der Waals surface area (Å²) >= 11 is 0. The molecule has 9 heteroatoms. The van der Waals surface area contributed by atoms with Crippen LogP contribution < -0.4 is 4.72 Å². The number of hydrogen-bond donors (Lipinski definition) is 1. The maximum atomic E-state index is 12.9. The van der Waals surface area contributed by atoms with E-state index in [4.69, 9.17) is 4.74 Å². The Labute approximate surface area is 163 Å². The van der Waals surface area contributed by atoms with Crippen molar-refractivity contribution in [3.05, 3.63) is 69.3 Å². The lowest BCUT2D eigenvalue weighted by atomic mass is 10.0. The molecule has 0 saturated heterocycles. The van der Waals surface area contributed by atoms with Gasteiger partial charge in [-0.3, -0.25) is 14.9 Å². The molecule has 1 atom stereocenters. The number of non-ortho nitro benzene ring substituents is 1. The molecule has 0 fully saturated rings. The third-order valence-corrected chi connectivity index (χ3v) is 5.74. The van der Waals surface area contributed by atoms with E-state index in [1.54, 1.807) is 38.1 Å². The van der Waals surface area contributed by atoms with Gasteiger partial charge < -0.3 is 4.74 Å². The van der Waals surface area contributed by atoms with Gasteiger partial charge in [0.05, 0.1) is 28.9 Å². The molecule has 0 spiro atoms. The Morgan fingerprint density at radius 3 is 2.39 bits per heavy atom. The minimum atomic E-state index is -4.13. The van der Waals surface area contributed by atoms with Crippen molar-refractivity contribution < 1.29 is 22.9 Å². The van der Waals surface area contributed by atoms with Crippen LogP contribution in [0, 0.1) is 24.0 Å². The van der Waals surface area contributed by atoms with Crippen LogP contribution in [0.1, 0.15) is 36.1 Å². The predicted molar refractivity (Wildman–Crippen MR) is 103 cm³/mol. The maximum absolute atomic E-state index is 12.9. The van der Waals surface area contributed by atoms with Gasteiger partial charge in [-0.25, -0.2) is 13.1 Å². The number of sulfonamides is 1. The number of rotatable bonds is 8. The van der Waals surface area contributed by atoms with Crippen LogP contribution in [0.15, 0.2) is 47.4 Å². The van der Waals surface area contributed by atoms with E-state index in [0.29, 0.717) is 11.1 Å². The predicted octanol–water partition coefficient (Wildman–Crippen LogP) is 3.18. The molecule has 2 aromatic rings. The third-order valence-electron chi connectivity index (χ3n) is 4.13. The van der Waals surface area contributed by atoms with Gasteiger partial charge in [0, 0.05) is 12.1 Å². The Kier molecular flexibility index (Phi) is 6.87. The van der Waals surface area contributed by atoms with Gasteiger partial charge in [0.25, 0.3) is 5.69 Å². The van der Waals surface area contributed by atoms with Gasteiger partial charge in [0.15, 0.2) is 0 Å². The van der Waals surface area contributed by atoms with Gasteiger partial charge in [-0.15, -0.1) is 0 Å². The van der Waals surface area contributed by atoms with Gasteiger partial charge in [-0.1, -0.05) is 35.9 Å². The largest absolute Gasteiger partial charge is 0.466 e. The van der Waals surface area contributed by atoms with E-state index >= 15 is 0 Å². The molecule has 0 aliphatic heterocycles. The van der Waals surface area contributed by atoms with Gasteiger partial charge >= 0.3 is 5.97 Å². The Morgan fingerprint density at radius 1 is 1.18 bits per heavy atom. The Morgan fingerprint density at radius 2 is 1.82 bits per heavy atom. The zero-order valence-electron chi connectivity index (χ0n) is 15.8. The highest BCUT2D eigenvalue weighted by atomic mass is 32.2. The van der Waals surface area contributed by atoms with Crippen LogP contribution in [0.4, 0.5) is 5.69 Å². The average Bonchev–Trinajstić information content (AvgIpc) is 2.61. The van der Waals surface area contributed by atoms with Crippen LogP contribution in [0.3, 0.4) is 0 Å². The maximum Gasteiger partial charge on any atom is 0.307 e. The summed E-state index contributed by atoms with van der Waals surface area (Å²) in [7, 11) is -4.13. The molecule has 1 N–H and O–H groups in total. The Bertz CT molecular complexity index is 970. The van der Waals surface area contributed by atoms with Crippen LogP contribution in [-0.4, -0.2) is 25.9 Å². The Hall–Kier alpha value is -2.78. The second-order valence-electron chi connectivity index (χ2n) is 6.30. The molecule has 0 aromatic heterocycles.